The molecule has 0 radical (unpaired) electrons. The average Bonchev–Trinajstić information content (AvgIpc) is 3.33. The van der Waals surface area contributed by atoms with Gasteiger partial charge in [0.1, 0.15) is 23.7 Å². The quantitative estimate of drug-likeness (QED) is 0.441. The van der Waals surface area contributed by atoms with Crippen molar-refractivity contribution >= 4 is 11.6 Å². The van der Waals surface area contributed by atoms with E-state index in [1.54, 1.807) is 30.5 Å². The minimum atomic E-state index is -1.35. The second kappa shape index (κ2) is 11.0. The molecule has 33 heavy (non-hydrogen) atoms. The van der Waals surface area contributed by atoms with Crippen molar-refractivity contribution in [3.8, 4) is 11.5 Å². The molecule has 0 amide bonds. The molecule has 2 N–H and O–H groups in total. The van der Waals surface area contributed by atoms with E-state index in [9.17, 15) is 10.2 Å². The van der Waals surface area contributed by atoms with Crippen LogP contribution in [-0.4, -0.2) is 62.9 Å². The number of halogens is 1. The molecule has 1 aromatic heterocycles. The van der Waals surface area contributed by atoms with Crippen molar-refractivity contribution in [2.24, 2.45) is 0 Å². The molecular formula is C25H30ClN3O4. The van der Waals surface area contributed by atoms with E-state index in [1.165, 1.54) is 0 Å². The number of piperidine rings is 1. The zero-order valence-corrected chi connectivity index (χ0v) is 19.3. The summed E-state index contributed by atoms with van der Waals surface area (Å²) in [5, 5.41) is 26.4. The summed E-state index contributed by atoms with van der Waals surface area (Å²) in [6, 6.07) is 16.9. The van der Waals surface area contributed by atoms with Gasteiger partial charge in [0.25, 0.3) is 0 Å². The fraction of sp³-hybridized carbons (Fsp3) is 0.400. The Balaban J connectivity index is 1.28. The van der Waals surface area contributed by atoms with Crippen LogP contribution in [0.5, 0.6) is 11.5 Å². The summed E-state index contributed by atoms with van der Waals surface area (Å²) in [4.78, 5) is 2.13. The van der Waals surface area contributed by atoms with Crippen molar-refractivity contribution < 1.29 is 19.7 Å². The predicted molar refractivity (Wildman–Crippen MR) is 127 cm³/mol. The van der Waals surface area contributed by atoms with Gasteiger partial charge >= 0.3 is 0 Å². The lowest BCUT2D eigenvalue weighted by Gasteiger charge is -2.42. The number of aryl methyl sites for hydroxylation is 1. The monoisotopic (exact) mass is 471 g/mol. The Bertz CT molecular complexity index is 999. The van der Waals surface area contributed by atoms with Crippen LogP contribution in [0, 0.1) is 0 Å². The second-order valence-electron chi connectivity index (χ2n) is 8.48. The number of β-amino-alcohol motifs (C(OH)–C–C–N with tert-alkyl or cyclic N) is 1. The topological polar surface area (TPSA) is 80.0 Å². The molecule has 1 aliphatic heterocycles. The van der Waals surface area contributed by atoms with Gasteiger partial charge in [0.2, 0.25) is 0 Å². The molecule has 4 rings (SSSR count). The third kappa shape index (κ3) is 6.71. The second-order valence-corrected chi connectivity index (χ2v) is 8.92. The third-order valence-electron chi connectivity index (χ3n) is 5.80. The Morgan fingerprint density at radius 2 is 1.94 bits per heavy atom. The molecule has 0 spiro atoms. The molecule has 3 aromatic rings. The van der Waals surface area contributed by atoms with Gasteiger partial charge in [-0.05, 0) is 54.4 Å². The first-order valence-electron chi connectivity index (χ1n) is 11.2. The van der Waals surface area contributed by atoms with Crippen LogP contribution in [0.3, 0.4) is 0 Å². The maximum Gasteiger partial charge on any atom is 0.137 e. The fourth-order valence-electron chi connectivity index (χ4n) is 4.00. The van der Waals surface area contributed by atoms with Crippen molar-refractivity contribution in [2.45, 2.75) is 37.6 Å². The molecule has 0 bridgehead atoms. The molecule has 1 aliphatic rings. The molecule has 1 fully saturated rings. The van der Waals surface area contributed by atoms with Gasteiger partial charge in [-0.25, -0.2) is 0 Å². The number of hydrogen-bond acceptors (Lipinski definition) is 6. The van der Waals surface area contributed by atoms with Crippen molar-refractivity contribution in [1.82, 2.24) is 14.7 Å². The number of benzene rings is 2. The molecule has 2 atom stereocenters. The standard InChI is InChI=1S/C25H30ClN3O4/c26-21-6-8-22(9-7-21)33-19-25(31)18-28(14-10-24(25)30)17-20-4-1-5-23(16-20)32-15-3-13-29-12-2-11-27-29/h1-2,4-9,11-12,16,24,30-31H,3,10,13-15,17-19H2/t24-,25-/m0/s1. The number of nitrogens with zero attached hydrogens (tertiary/aromatic N) is 3. The first kappa shape index (κ1) is 23.6. The summed E-state index contributed by atoms with van der Waals surface area (Å²) in [7, 11) is 0. The van der Waals surface area contributed by atoms with Crippen LogP contribution in [0.2, 0.25) is 5.02 Å². The lowest BCUT2D eigenvalue weighted by Crippen LogP contribution is -2.59. The lowest BCUT2D eigenvalue weighted by molar-refractivity contribution is -0.140. The van der Waals surface area contributed by atoms with Crippen LogP contribution in [0.1, 0.15) is 18.4 Å². The normalized spacial score (nSPS) is 21.1. The number of rotatable bonds is 10. The Morgan fingerprint density at radius 1 is 1.09 bits per heavy atom. The van der Waals surface area contributed by atoms with Gasteiger partial charge in [-0.1, -0.05) is 23.7 Å². The van der Waals surface area contributed by atoms with E-state index in [0.29, 0.717) is 43.4 Å². The van der Waals surface area contributed by atoms with Crippen LogP contribution >= 0.6 is 11.6 Å². The zero-order chi connectivity index (χ0) is 23.1. The highest BCUT2D eigenvalue weighted by molar-refractivity contribution is 6.30. The van der Waals surface area contributed by atoms with Crippen LogP contribution < -0.4 is 9.47 Å². The molecule has 176 valence electrons. The summed E-state index contributed by atoms with van der Waals surface area (Å²) >= 11 is 5.91. The van der Waals surface area contributed by atoms with E-state index >= 15 is 0 Å². The molecule has 0 aliphatic carbocycles. The number of likely N-dealkylation sites (tertiary alicyclic amines) is 1. The fourth-order valence-corrected chi connectivity index (χ4v) is 4.13. The minimum Gasteiger partial charge on any atom is -0.494 e. The Hall–Kier alpha value is -2.58. The molecule has 0 saturated carbocycles. The van der Waals surface area contributed by atoms with E-state index in [2.05, 4.69) is 10.00 Å². The molecule has 2 heterocycles. The van der Waals surface area contributed by atoms with Crippen LogP contribution in [0.15, 0.2) is 67.0 Å². The average molecular weight is 472 g/mol. The highest BCUT2D eigenvalue weighted by Gasteiger charge is 2.42. The zero-order valence-electron chi connectivity index (χ0n) is 18.5. The molecule has 7 nitrogen and oxygen atoms in total. The van der Waals surface area contributed by atoms with E-state index in [4.69, 9.17) is 21.1 Å². The van der Waals surface area contributed by atoms with Gasteiger partial charge in [-0.2, -0.15) is 5.10 Å². The Labute approximate surface area is 199 Å². The smallest absolute Gasteiger partial charge is 0.137 e. The summed E-state index contributed by atoms with van der Waals surface area (Å²) in [6.07, 6.45) is 4.22. The molecule has 1 saturated heterocycles. The van der Waals surface area contributed by atoms with Crippen molar-refractivity contribution in [2.75, 3.05) is 26.3 Å². The van der Waals surface area contributed by atoms with Gasteiger partial charge in [-0.15, -0.1) is 0 Å². The number of aliphatic hydroxyl groups excluding tert-OH is 1. The molecule has 0 unspecified atom stereocenters. The highest BCUT2D eigenvalue weighted by Crippen LogP contribution is 2.26. The number of aliphatic hydroxyl groups is 2. The molecule has 2 aromatic carbocycles. The number of aromatic nitrogens is 2. The van der Waals surface area contributed by atoms with E-state index < -0.39 is 11.7 Å². The predicted octanol–water partition coefficient (Wildman–Crippen LogP) is 3.38. The Kier molecular flexibility index (Phi) is 7.88. The van der Waals surface area contributed by atoms with Crippen molar-refractivity contribution in [3.05, 3.63) is 77.6 Å². The van der Waals surface area contributed by atoms with E-state index in [-0.39, 0.29) is 6.61 Å². The largest absolute Gasteiger partial charge is 0.494 e. The number of ether oxygens (including phenoxy) is 2. The summed E-state index contributed by atoms with van der Waals surface area (Å²) in [5.74, 6) is 1.43. The van der Waals surface area contributed by atoms with Gasteiger partial charge in [0, 0.05) is 50.0 Å². The Morgan fingerprint density at radius 3 is 2.73 bits per heavy atom. The molecule has 8 heteroatoms. The lowest BCUT2D eigenvalue weighted by atomic mass is 9.90. The summed E-state index contributed by atoms with van der Waals surface area (Å²) < 4.78 is 13.6. The van der Waals surface area contributed by atoms with Crippen LogP contribution in [-0.2, 0) is 13.1 Å². The maximum atomic E-state index is 11.1. The maximum absolute atomic E-state index is 11.1. The van der Waals surface area contributed by atoms with Crippen molar-refractivity contribution in [3.63, 3.8) is 0 Å². The van der Waals surface area contributed by atoms with Crippen molar-refractivity contribution in [1.29, 1.82) is 0 Å². The third-order valence-corrected chi connectivity index (χ3v) is 6.05. The van der Waals surface area contributed by atoms with Gasteiger partial charge in [0.15, 0.2) is 0 Å². The van der Waals surface area contributed by atoms with Gasteiger partial charge in [0.05, 0.1) is 12.7 Å². The first-order valence-corrected chi connectivity index (χ1v) is 11.6. The SMILES string of the molecule is O[C@H]1CCN(Cc2cccc(OCCCn3cccn3)c2)C[C@]1(O)COc1ccc(Cl)cc1. The minimum absolute atomic E-state index is 0.00566. The van der Waals surface area contributed by atoms with Crippen LogP contribution in [0.25, 0.3) is 0 Å². The first-order chi connectivity index (χ1) is 16.0. The van der Waals surface area contributed by atoms with Gasteiger partial charge < -0.3 is 19.7 Å². The summed E-state index contributed by atoms with van der Waals surface area (Å²) in [5.41, 5.74) is -0.254. The van der Waals surface area contributed by atoms with Crippen LogP contribution in [0.4, 0.5) is 0 Å². The van der Waals surface area contributed by atoms with E-state index in [1.807, 2.05) is 41.2 Å². The molecular weight excluding hydrogens is 442 g/mol. The van der Waals surface area contributed by atoms with E-state index in [0.717, 1.165) is 24.3 Å². The number of hydrogen-bond donors (Lipinski definition) is 2. The summed E-state index contributed by atoms with van der Waals surface area (Å²) in [6.45, 7) is 3.10. The van der Waals surface area contributed by atoms with Gasteiger partial charge in [-0.3, -0.25) is 9.58 Å². The highest BCUT2D eigenvalue weighted by atomic mass is 35.5.